The lowest BCUT2D eigenvalue weighted by atomic mass is 10.6. The second kappa shape index (κ2) is 5.44. The van der Waals surface area contributed by atoms with Gasteiger partial charge in [0.25, 0.3) is 0 Å². The van der Waals surface area contributed by atoms with Crippen molar-refractivity contribution in [2.24, 2.45) is 7.05 Å². The largest absolute Gasteiger partial charge is 0.478 e. The number of nitrogens with zero attached hydrogens (tertiary/aromatic N) is 2. The van der Waals surface area contributed by atoms with Crippen LogP contribution < -0.4 is 4.57 Å². The summed E-state index contributed by atoms with van der Waals surface area (Å²) in [5.74, 6) is -0.823. The molecule has 0 spiro atoms. The maximum atomic E-state index is 10.1. The third kappa shape index (κ3) is 10.5. The first-order valence-electron chi connectivity index (χ1n) is 3.61. The Balaban J connectivity index is 0.000000336. The van der Waals surface area contributed by atoms with Gasteiger partial charge in [0, 0.05) is 0 Å². The molecule has 0 aliphatic rings. The number of rotatable bonds is 2. The molecule has 0 saturated heterocycles. The molecule has 1 aromatic heterocycles. The second-order valence-electron chi connectivity index (χ2n) is 2.59. The zero-order valence-corrected chi connectivity index (χ0v) is 8.62. The number of carbonyl (C=O) groups is 1. The van der Waals surface area contributed by atoms with Gasteiger partial charge in [-0.05, 0) is 0 Å². The lowest BCUT2D eigenvalue weighted by Gasteiger charge is -1.85. The molecule has 0 atom stereocenters. The van der Waals surface area contributed by atoms with E-state index in [-0.39, 0.29) is 6.54 Å². The zero-order valence-electron chi connectivity index (χ0n) is 7.81. The van der Waals surface area contributed by atoms with Crippen molar-refractivity contribution in [3.8, 4) is 0 Å². The molecule has 0 radical (unpaired) electrons. The van der Waals surface area contributed by atoms with Gasteiger partial charge in [-0.1, -0.05) is 0 Å². The average molecular weight is 239 g/mol. The van der Waals surface area contributed by atoms with Crippen LogP contribution in [-0.4, -0.2) is 33.2 Å². The molecule has 1 heterocycles. The van der Waals surface area contributed by atoms with Crippen molar-refractivity contribution >= 4 is 16.4 Å². The fraction of sp³-hybridized carbons (Fsp3) is 0.333. The van der Waals surface area contributed by atoms with E-state index in [1.54, 1.807) is 27.9 Å². The molecule has 0 aliphatic heterocycles. The molecule has 15 heavy (non-hydrogen) atoms. The van der Waals surface area contributed by atoms with E-state index in [9.17, 15) is 4.79 Å². The van der Waals surface area contributed by atoms with Gasteiger partial charge in [0.2, 0.25) is 6.33 Å². The van der Waals surface area contributed by atoms with Gasteiger partial charge in [-0.2, -0.15) is 8.42 Å². The van der Waals surface area contributed by atoms with E-state index in [1.807, 2.05) is 7.05 Å². The van der Waals surface area contributed by atoms with Crippen molar-refractivity contribution in [2.45, 2.75) is 6.54 Å². The number of carboxylic acids is 1. The smallest absolute Gasteiger partial charge is 0.394 e. The predicted octanol–water partition coefficient (Wildman–Crippen LogP) is -1.26. The molecule has 0 fully saturated rings. The van der Waals surface area contributed by atoms with E-state index in [4.69, 9.17) is 22.6 Å². The van der Waals surface area contributed by atoms with Crippen LogP contribution in [0.3, 0.4) is 0 Å². The van der Waals surface area contributed by atoms with Crippen LogP contribution in [0.25, 0.3) is 0 Å². The van der Waals surface area contributed by atoms with Crippen LogP contribution in [-0.2, 0) is 28.8 Å². The van der Waals surface area contributed by atoms with Crippen molar-refractivity contribution in [1.29, 1.82) is 0 Å². The first-order valence-corrected chi connectivity index (χ1v) is 5.01. The summed E-state index contributed by atoms with van der Waals surface area (Å²) in [6.07, 6.45) is 5.23. The van der Waals surface area contributed by atoms with E-state index in [1.165, 1.54) is 0 Å². The summed E-state index contributed by atoms with van der Waals surface area (Å²) in [7, 11) is -2.82. The SMILES string of the molecule is C[n+]1ccn(CC(=O)O)c1.O=S(=O)(O)O. The number of hydrogen-bond donors (Lipinski definition) is 3. The molecule has 0 unspecified atom stereocenters. The minimum atomic E-state index is -4.67. The summed E-state index contributed by atoms with van der Waals surface area (Å²) in [6.45, 7) is 0.0286. The van der Waals surface area contributed by atoms with Gasteiger partial charge in [0.05, 0.1) is 7.05 Å². The van der Waals surface area contributed by atoms with Crippen LogP contribution in [0.4, 0.5) is 0 Å². The summed E-state index contributed by atoms with van der Waals surface area (Å²) in [5, 5.41) is 8.35. The predicted molar refractivity (Wildman–Crippen MR) is 47.4 cm³/mol. The normalized spacial score (nSPS) is 10.3. The number of carboxylic acid groups (broad SMARTS) is 1. The highest BCUT2D eigenvalue weighted by atomic mass is 32.3. The van der Waals surface area contributed by atoms with Crippen LogP contribution in [0.2, 0.25) is 0 Å². The van der Waals surface area contributed by atoms with Gasteiger partial charge in [0.1, 0.15) is 12.4 Å². The van der Waals surface area contributed by atoms with Gasteiger partial charge < -0.3 is 5.11 Å². The maximum Gasteiger partial charge on any atom is 0.394 e. The standard InChI is InChI=1S/C6H8N2O2.H2O4S/c1-7-2-3-8(5-7)4-6(9)10;1-5(2,3)4/h2-3,5H,4H2,1H3;(H2,1,2,3,4)/p+1. The van der Waals surface area contributed by atoms with E-state index in [2.05, 4.69) is 0 Å². The number of aliphatic carboxylic acids is 1. The Morgan fingerprint density at radius 2 is 1.93 bits per heavy atom. The summed E-state index contributed by atoms with van der Waals surface area (Å²) in [5.41, 5.74) is 0. The summed E-state index contributed by atoms with van der Waals surface area (Å²) >= 11 is 0. The highest BCUT2D eigenvalue weighted by Crippen LogP contribution is 1.81. The number of imidazole rings is 1. The van der Waals surface area contributed by atoms with Crippen molar-refractivity contribution < 1.29 is 32.0 Å². The quantitative estimate of drug-likeness (QED) is 0.437. The molecule has 8 nitrogen and oxygen atoms in total. The molecule has 0 saturated carbocycles. The highest BCUT2D eigenvalue weighted by molar-refractivity contribution is 7.79. The van der Waals surface area contributed by atoms with E-state index < -0.39 is 16.4 Å². The lowest BCUT2D eigenvalue weighted by Crippen LogP contribution is -2.24. The fourth-order valence-corrected chi connectivity index (χ4v) is 0.751. The Morgan fingerprint density at radius 3 is 2.20 bits per heavy atom. The molecule has 0 bridgehead atoms. The van der Waals surface area contributed by atoms with E-state index >= 15 is 0 Å². The van der Waals surface area contributed by atoms with Gasteiger partial charge in [-0.25, -0.2) is 13.9 Å². The Bertz CT molecular complexity index is 415. The molecule has 1 aromatic rings. The van der Waals surface area contributed by atoms with Crippen molar-refractivity contribution in [1.82, 2.24) is 4.57 Å². The summed E-state index contributed by atoms with van der Waals surface area (Å²) < 4.78 is 35.0. The van der Waals surface area contributed by atoms with Gasteiger partial charge in [-0.15, -0.1) is 0 Å². The number of hydrogen-bond acceptors (Lipinski definition) is 3. The second-order valence-corrected chi connectivity index (χ2v) is 3.49. The van der Waals surface area contributed by atoms with Crippen LogP contribution in [0.15, 0.2) is 18.7 Å². The third-order valence-electron chi connectivity index (χ3n) is 1.14. The number of aryl methyl sites for hydroxylation is 1. The van der Waals surface area contributed by atoms with Crippen molar-refractivity contribution in [3.05, 3.63) is 18.7 Å². The Morgan fingerprint density at radius 1 is 1.47 bits per heavy atom. The maximum absolute atomic E-state index is 10.1. The van der Waals surface area contributed by atoms with Gasteiger partial charge in [-0.3, -0.25) is 9.11 Å². The summed E-state index contributed by atoms with van der Waals surface area (Å²) in [6, 6.07) is 0. The van der Waals surface area contributed by atoms with E-state index in [0.29, 0.717) is 0 Å². The first kappa shape index (κ1) is 13.5. The fourth-order valence-electron chi connectivity index (χ4n) is 0.751. The lowest BCUT2D eigenvalue weighted by molar-refractivity contribution is -0.671. The molecule has 86 valence electrons. The Kier molecular flexibility index (Phi) is 4.91. The molecular formula is C6H11N2O6S+. The molecular weight excluding hydrogens is 228 g/mol. The topological polar surface area (TPSA) is 121 Å². The van der Waals surface area contributed by atoms with Gasteiger partial charge in [0.15, 0.2) is 6.54 Å². The van der Waals surface area contributed by atoms with Crippen LogP contribution in [0.1, 0.15) is 0 Å². The third-order valence-corrected chi connectivity index (χ3v) is 1.14. The van der Waals surface area contributed by atoms with Gasteiger partial charge >= 0.3 is 16.4 Å². The molecule has 9 heteroatoms. The van der Waals surface area contributed by atoms with Crippen LogP contribution >= 0.6 is 0 Å². The first-order chi connectivity index (χ1) is 6.68. The van der Waals surface area contributed by atoms with E-state index in [0.717, 1.165) is 0 Å². The minimum absolute atomic E-state index is 0.0286. The Labute approximate surface area is 86.0 Å². The van der Waals surface area contributed by atoms with Crippen molar-refractivity contribution in [2.75, 3.05) is 0 Å². The van der Waals surface area contributed by atoms with Crippen LogP contribution in [0.5, 0.6) is 0 Å². The molecule has 1 rings (SSSR count). The zero-order chi connectivity index (χ0) is 12.1. The highest BCUT2D eigenvalue weighted by Gasteiger charge is 2.03. The Hall–Kier alpha value is -1.45. The van der Waals surface area contributed by atoms with Crippen LogP contribution in [0, 0.1) is 0 Å². The molecule has 0 amide bonds. The monoisotopic (exact) mass is 239 g/mol. The average Bonchev–Trinajstić information content (AvgIpc) is 2.29. The summed E-state index contributed by atoms with van der Waals surface area (Å²) in [4.78, 5) is 10.1. The van der Waals surface area contributed by atoms with Crippen molar-refractivity contribution in [3.63, 3.8) is 0 Å². The molecule has 0 aromatic carbocycles. The molecule has 3 N–H and O–H groups in total. The minimum Gasteiger partial charge on any atom is -0.478 e. The molecule has 0 aliphatic carbocycles. The number of aromatic nitrogens is 2.